The first-order chi connectivity index (χ1) is 7.09. The van der Waals surface area contributed by atoms with Crippen molar-refractivity contribution in [2.45, 2.75) is 6.92 Å². The minimum absolute atomic E-state index is 0.0734. The molecule has 0 unspecified atom stereocenters. The fraction of sp³-hybridized carbons (Fsp3) is 0.200. The molecule has 0 saturated carbocycles. The fourth-order valence-electron chi connectivity index (χ4n) is 1.34. The van der Waals surface area contributed by atoms with E-state index in [0.717, 1.165) is 4.68 Å². The van der Waals surface area contributed by atoms with Crippen LogP contribution in [0, 0.1) is 0 Å². The Morgan fingerprint density at radius 2 is 2.13 bits per heavy atom. The number of hydrogen-bond donors (Lipinski definition) is 0. The molecule has 15 heavy (non-hydrogen) atoms. The van der Waals surface area contributed by atoms with Gasteiger partial charge in [0.15, 0.2) is 5.78 Å². The maximum atomic E-state index is 11.7. The van der Waals surface area contributed by atoms with Crippen LogP contribution in [0.4, 0.5) is 0 Å². The molecule has 0 N–H and O–H groups in total. The zero-order chi connectivity index (χ0) is 11.0. The fourth-order valence-corrected chi connectivity index (χ4v) is 1.34. The van der Waals surface area contributed by atoms with Gasteiger partial charge < -0.3 is 0 Å². The van der Waals surface area contributed by atoms with Crippen molar-refractivity contribution in [3.05, 3.63) is 34.1 Å². The van der Waals surface area contributed by atoms with E-state index in [1.165, 1.54) is 14.0 Å². The average Bonchev–Trinajstić information content (AvgIpc) is 2.23. The molecule has 5 heteroatoms. The standard InChI is InChI=1S/C10H9N3O2/c1-6(14)7-3-4-9-8(5-7)10(15)13(2)12-11-9/h3-5H,1-2H3. The van der Waals surface area contributed by atoms with Gasteiger partial charge in [-0.1, -0.05) is 5.21 Å². The van der Waals surface area contributed by atoms with E-state index in [2.05, 4.69) is 10.3 Å². The molecule has 0 amide bonds. The van der Waals surface area contributed by atoms with Gasteiger partial charge in [0, 0.05) is 12.6 Å². The Kier molecular flexibility index (Phi) is 2.07. The van der Waals surface area contributed by atoms with Crippen molar-refractivity contribution in [2.24, 2.45) is 7.05 Å². The summed E-state index contributed by atoms with van der Waals surface area (Å²) >= 11 is 0. The number of rotatable bonds is 1. The lowest BCUT2D eigenvalue weighted by atomic mass is 10.1. The van der Waals surface area contributed by atoms with Crippen LogP contribution in [0.2, 0.25) is 0 Å². The van der Waals surface area contributed by atoms with Gasteiger partial charge >= 0.3 is 0 Å². The van der Waals surface area contributed by atoms with Gasteiger partial charge in [-0.2, -0.15) is 0 Å². The normalized spacial score (nSPS) is 10.5. The van der Waals surface area contributed by atoms with Crippen LogP contribution in [0.5, 0.6) is 0 Å². The summed E-state index contributed by atoms with van der Waals surface area (Å²) in [6.45, 7) is 1.46. The van der Waals surface area contributed by atoms with Gasteiger partial charge in [-0.15, -0.1) is 5.10 Å². The second-order valence-electron chi connectivity index (χ2n) is 3.31. The molecule has 2 aromatic rings. The molecule has 0 aliphatic rings. The molecule has 2 rings (SSSR count). The number of fused-ring (bicyclic) bond motifs is 1. The Morgan fingerprint density at radius 3 is 2.80 bits per heavy atom. The number of carbonyl (C=O) groups is 1. The highest BCUT2D eigenvalue weighted by Crippen LogP contribution is 2.09. The summed E-state index contributed by atoms with van der Waals surface area (Å²) in [7, 11) is 1.52. The van der Waals surface area contributed by atoms with Gasteiger partial charge in [-0.25, -0.2) is 4.68 Å². The molecule has 1 aromatic carbocycles. The van der Waals surface area contributed by atoms with E-state index in [-0.39, 0.29) is 11.3 Å². The van der Waals surface area contributed by atoms with E-state index in [1.807, 2.05) is 0 Å². The van der Waals surface area contributed by atoms with E-state index in [1.54, 1.807) is 18.2 Å². The van der Waals surface area contributed by atoms with Crippen molar-refractivity contribution in [1.82, 2.24) is 15.0 Å². The third kappa shape index (κ3) is 1.52. The van der Waals surface area contributed by atoms with Crippen molar-refractivity contribution >= 4 is 16.7 Å². The number of nitrogens with zero attached hydrogens (tertiary/aromatic N) is 3. The van der Waals surface area contributed by atoms with Crippen LogP contribution in [-0.4, -0.2) is 20.8 Å². The van der Waals surface area contributed by atoms with Crippen LogP contribution in [0.25, 0.3) is 10.9 Å². The maximum Gasteiger partial charge on any atom is 0.277 e. The highest BCUT2D eigenvalue weighted by atomic mass is 16.1. The number of benzene rings is 1. The minimum atomic E-state index is -0.247. The van der Waals surface area contributed by atoms with Crippen LogP contribution in [0.3, 0.4) is 0 Å². The molecule has 0 saturated heterocycles. The van der Waals surface area contributed by atoms with Crippen LogP contribution < -0.4 is 5.56 Å². The van der Waals surface area contributed by atoms with E-state index in [9.17, 15) is 9.59 Å². The quantitative estimate of drug-likeness (QED) is 0.634. The van der Waals surface area contributed by atoms with Gasteiger partial charge in [-0.3, -0.25) is 9.59 Å². The molecule has 1 aromatic heterocycles. The highest BCUT2D eigenvalue weighted by Gasteiger charge is 2.06. The second kappa shape index (κ2) is 3.27. The lowest BCUT2D eigenvalue weighted by Crippen LogP contribution is -2.21. The third-order valence-electron chi connectivity index (χ3n) is 2.21. The van der Waals surface area contributed by atoms with Crippen LogP contribution in [0.15, 0.2) is 23.0 Å². The lowest BCUT2D eigenvalue weighted by molar-refractivity contribution is 0.101. The van der Waals surface area contributed by atoms with Gasteiger partial charge in [0.2, 0.25) is 0 Å². The number of carbonyl (C=O) groups excluding carboxylic acids is 1. The molecule has 0 fully saturated rings. The Morgan fingerprint density at radius 1 is 1.40 bits per heavy atom. The Hall–Kier alpha value is -2.04. The van der Waals surface area contributed by atoms with E-state index in [4.69, 9.17) is 0 Å². The molecule has 76 valence electrons. The first-order valence-corrected chi connectivity index (χ1v) is 4.44. The third-order valence-corrected chi connectivity index (χ3v) is 2.21. The predicted octanol–water partition coefficient (Wildman–Crippen LogP) is 0.531. The summed E-state index contributed by atoms with van der Waals surface area (Å²) in [5, 5.41) is 7.91. The number of aromatic nitrogens is 3. The van der Waals surface area contributed by atoms with Crippen molar-refractivity contribution in [2.75, 3.05) is 0 Å². The zero-order valence-corrected chi connectivity index (χ0v) is 8.39. The van der Waals surface area contributed by atoms with Crippen LogP contribution in [-0.2, 0) is 7.05 Å². The molecule has 0 aliphatic carbocycles. The lowest BCUT2D eigenvalue weighted by Gasteiger charge is -2.00. The average molecular weight is 203 g/mol. The molecule has 0 atom stereocenters. The molecule has 0 bridgehead atoms. The SMILES string of the molecule is CC(=O)c1ccc2nnn(C)c(=O)c2c1. The smallest absolute Gasteiger partial charge is 0.277 e. The van der Waals surface area contributed by atoms with Gasteiger partial charge in [0.1, 0.15) is 5.52 Å². The summed E-state index contributed by atoms with van der Waals surface area (Å²) in [5.41, 5.74) is 0.763. The molecule has 5 nitrogen and oxygen atoms in total. The van der Waals surface area contributed by atoms with Crippen molar-refractivity contribution in [1.29, 1.82) is 0 Å². The minimum Gasteiger partial charge on any atom is -0.295 e. The highest BCUT2D eigenvalue weighted by molar-refractivity contribution is 5.97. The van der Waals surface area contributed by atoms with Crippen molar-refractivity contribution < 1.29 is 4.79 Å². The Labute approximate surface area is 85.3 Å². The zero-order valence-electron chi connectivity index (χ0n) is 8.39. The topological polar surface area (TPSA) is 64.8 Å². The van der Waals surface area contributed by atoms with E-state index < -0.39 is 0 Å². The Balaban J connectivity index is 2.85. The number of hydrogen-bond acceptors (Lipinski definition) is 4. The van der Waals surface area contributed by atoms with Crippen LogP contribution >= 0.6 is 0 Å². The van der Waals surface area contributed by atoms with E-state index >= 15 is 0 Å². The first-order valence-electron chi connectivity index (χ1n) is 4.44. The van der Waals surface area contributed by atoms with Gasteiger partial charge in [-0.05, 0) is 25.1 Å². The number of Topliss-reactive ketones (excluding diaryl/α,β-unsaturated/α-hetero) is 1. The summed E-state index contributed by atoms with van der Waals surface area (Å²) in [6.07, 6.45) is 0. The molecule has 0 spiro atoms. The first kappa shape index (κ1) is 9.51. The van der Waals surface area contributed by atoms with Crippen LogP contribution in [0.1, 0.15) is 17.3 Å². The summed E-state index contributed by atoms with van der Waals surface area (Å²) in [4.78, 5) is 22.8. The summed E-state index contributed by atoms with van der Waals surface area (Å²) in [6, 6.07) is 4.81. The van der Waals surface area contributed by atoms with E-state index in [0.29, 0.717) is 16.5 Å². The van der Waals surface area contributed by atoms with Crippen molar-refractivity contribution in [3.63, 3.8) is 0 Å². The predicted molar refractivity (Wildman–Crippen MR) is 54.8 cm³/mol. The molecular weight excluding hydrogens is 194 g/mol. The number of ketones is 1. The second-order valence-corrected chi connectivity index (χ2v) is 3.31. The Bertz CT molecular complexity index is 601. The molecular formula is C10H9N3O2. The van der Waals surface area contributed by atoms with Gasteiger partial charge in [0.05, 0.1) is 5.39 Å². The van der Waals surface area contributed by atoms with Gasteiger partial charge in [0.25, 0.3) is 5.56 Å². The summed E-state index contributed by atoms with van der Waals surface area (Å²) in [5.74, 6) is -0.0734. The number of aryl methyl sites for hydroxylation is 1. The molecule has 0 radical (unpaired) electrons. The summed E-state index contributed by atoms with van der Waals surface area (Å²) < 4.78 is 1.15. The largest absolute Gasteiger partial charge is 0.295 e. The molecule has 0 aliphatic heterocycles. The maximum absolute atomic E-state index is 11.7. The monoisotopic (exact) mass is 203 g/mol. The molecule has 1 heterocycles. The van der Waals surface area contributed by atoms with Crippen molar-refractivity contribution in [3.8, 4) is 0 Å².